The number of fused-ring (bicyclic) bond motifs is 1. The molecule has 8 heteroatoms. The number of aryl methyl sites for hydroxylation is 1. The van der Waals surface area contributed by atoms with Crippen molar-refractivity contribution in [2.75, 3.05) is 33.4 Å². The van der Waals surface area contributed by atoms with E-state index in [9.17, 15) is 19.2 Å². The maximum absolute atomic E-state index is 12.5. The Morgan fingerprint density at radius 1 is 1.22 bits per heavy atom. The molecule has 144 valence electrons. The molecule has 0 radical (unpaired) electrons. The lowest BCUT2D eigenvalue weighted by Crippen LogP contribution is -2.47. The van der Waals surface area contributed by atoms with Gasteiger partial charge >= 0.3 is 5.97 Å². The van der Waals surface area contributed by atoms with E-state index in [1.807, 2.05) is 6.92 Å². The van der Waals surface area contributed by atoms with Gasteiger partial charge in [-0.15, -0.1) is 0 Å². The van der Waals surface area contributed by atoms with Gasteiger partial charge in [0.05, 0.1) is 37.4 Å². The fourth-order valence-corrected chi connectivity index (χ4v) is 3.31. The van der Waals surface area contributed by atoms with Crippen LogP contribution in [0.1, 0.15) is 39.1 Å². The molecule has 3 amide bonds. The minimum absolute atomic E-state index is 0.0310. The molecule has 2 heterocycles. The lowest BCUT2D eigenvalue weighted by atomic mass is 10.1. The van der Waals surface area contributed by atoms with Crippen molar-refractivity contribution in [1.29, 1.82) is 0 Å². The van der Waals surface area contributed by atoms with E-state index in [2.05, 4.69) is 4.74 Å². The molecule has 27 heavy (non-hydrogen) atoms. The second kappa shape index (κ2) is 7.87. The number of esters is 1. The molecular formula is C19H22N2O6. The zero-order chi connectivity index (χ0) is 19.6. The van der Waals surface area contributed by atoms with Crippen LogP contribution in [-0.4, -0.2) is 72.9 Å². The Morgan fingerprint density at radius 3 is 2.70 bits per heavy atom. The maximum atomic E-state index is 12.5. The third kappa shape index (κ3) is 4.00. The summed E-state index contributed by atoms with van der Waals surface area (Å²) in [6.45, 7) is 2.92. The van der Waals surface area contributed by atoms with Crippen molar-refractivity contribution in [3.05, 3.63) is 34.9 Å². The van der Waals surface area contributed by atoms with Gasteiger partial charge < -0.3 is 14.4 Å². The number of morpholine rings is 1. The van der Waals surface area contributed by atoms with E-state index in [4.69, 9.17) is 4.74 Å². The summed E-state index contributed by atoms with van der Waals surface area (Å²) in [6.07, 6.45) is -0.287. The Hall–Kier alpha value is -2.74. The predicted octanol–water partition coefficient (Wildman–Crippen LogP) is 0.772. The number of imide groups is 1. The third-order valence-corrected chi connectivity index (χ3v) is 4.79. The van der Waals surface area contributed by atoms with Gasteiger partial charge in [-0.3, -0.25) is 24.1 Å². The number of nitrogens with zero attached hydrogens (tertiary/aromatic N) is 2. The molecular weight excluding hydrogens is 352 g/mol. The molecule has 8 nitrogen and oxygen atoms in total. The molecule has 1 aromatic rings. The van der Waals surface area contributed by atoms with E-state index >= 15 is 0 Å². The fourth-order valence-electron chi connectivity index (χ4n) is 3.31. The van der Waals surface area contributed by atoms with E-state index < -0.39 is 12.1 Å². The Labute approximate surface area is 157 Å². The van der Waals surface area contributed by atoms with Crippen LogP contribution in [0.25, 0.3) is 0 Å². The first kappa shape index (κ1) is 19.0. The Balaban J connectivity index is 1.57. The summed E-state index contributed by atoms with van der Waals surface area (Å²) in [6, 6.07) is 5.12. The number of rotatable bonds is 5. The first-order valence-corrected chi connectivity index (χ1v) is 8.83. The molecule has 1 aromatic carbocycles. The number of hydrogen-bond donors (Lipinski definition) is 0. The fraction of sp³-hybridized carbons (Fsp3) is 0.474. The predicted molar refractivity (Wildman–Crippen MR) is 94.1 cm³/mol. The van der Waals surface area contributed by atoms with Crippen LogP contribution < -0.4 is 0 Å². The van der Waals surface area contributed by atoms with E-state index in [1.165, 1.54) is 7.11 Å². The Kier molecular flexibility index (Phi) is 5.55. The van der Waals surface area contributed by atoms with Crippen LogP contribution in [0.2, 0.25) is 0 Å². The van der Waals surface area contributed by atoms with Crippen LogP contribution in [0, 0.1) is 6.92 Å². The summed E-state index contributed by atoms with van der Waals surface area (Å²) in [5, 5.41) is 0. The number of amides is 3. The SMILES string of the molecule is COC(=O)C[C@H]1CN(C(=O)CCN2C(=O)c3ccc(C)cc3C2=O)CCO1. The second-order valence-electron chi connectivity index (χ2n) is 6.67. The highest BCUT2D eigenvalue weighted by Gasteiger charge is 2.36. The van der Waals surface area contributed by atoms with Gasteiger partial charge in [-0.05, 0) is 19.1 Å². The molecule has 1 atom stereocenters. The minimum Gasteiger partial charge on any atom is -0.469 e. The van der Waals surface area contributed by atoms with Crippen molar-refractivity contribution < 1.29 is 28.7 Å². The molecule has 0 aromatic heterocycles. The number of methoxy groups -OCH3 is 1. The van der Waals surface area contributed by atoms with E-state index in [1.54, 1.807) is 23.1 Å². The molecule has 2 aliphatic heterocycles. The van der Waals surface area contributed by atoms with Gasteiger partial charge in [0, 0.05) is 26.1 Å². The van der Waals surface area contributed by atoms with Gasteiger partial charge in [0.25, 0.3) is 11.8 Å². The molecule has 0 spiro atoms. The van der Waals surface area contributed by atoms with Crippen LogP contribution in [-0.2, 0) is 19.1 Å². The lowest BCUT2D eigenvalue weighted by Gasteiger charge is -2.32. The molecule has 3 rings (SSSR count). The first-order chi connectivity index (χ1) is 12.9. The van der Waals surface area contributed by atoms with Crippen LogP contribution in [0.15, 0.2) is 18.2 Å². The molecule has 1 fully saturated rings. The number of ether oxygens (including phenoxy) is 2. The maximum Gasteiger partial charge on any atom is 0.308 e. The molecule has 0 bridgehead atoms. The van der Waals surface area contributed by atoms with Gasteiger partial charge in [0.2, 0.25) is 5.91 Å². The Bertz CT molecular complexity index is 790. The van der Waals surface area contributed by atoms with Crippen LogP contribution in [0.5, 0.6) is 0 Å². The summed E-state index contributed by atoms with van der Waals surface area (Å²) in [5.74, 6) is -1.30. The largest absolute Gasteiger partial charge is 0.469 e. The van der Waals surface area contributed by atoms with Crippen LogP contribution >= 0.6 is 0 Å². The summed E-state index contributed by atoms with van der Waals surface area (Å²) in [5.41, 5.74) is 1.66. The van der Waals surface area contributed by atoms with Gasteiger partial charge in [0.1, 0.15) is 0 Å². The zero-order valence-electron chi connectivity index (χ0n) is 15.4. The van der Waals surface area contributed by atoms with E-state index in [0.29, 0.717) is 24.3 Å². The van der Waals surface area contributed by atoms with Crippen LogP contribution in [0.3, 0.4) is 0 Å². The average Bonchev–Trinajstić information content (AvgIpc) is 2.89. The normalized spacial score (nSPS) is 19.3. The van der Waals surface area contributed by atoms with Crippen LogP contribution in [0.4, 0.5) is 0 Å². The number of benzene rings is 1. The quantitative estimate of drug-likeness (QED) is 0.558. The summed E-state index contributed by atoms with van der Waals surface area (Å²) in [7, 11) is 1.30. The lowest BCUT2D eigenvalue weighted by molar-refractivity contribution is -0.150. The van der Waals surface area contributed by atoms with Crippen molar-refractivity contribution in [1.82, 2.24) is 9.80 Å². The zero-order valence-corrected chi connectivity index (χ0v) is 15.4. The van der Waals surface area contributed by atoms with Crippen molar-refractivity contribution in [3.8, 4) is 0 Å². The molecule has 0 saturated carbocycles. The number of carbonyl (C=O) groups is 4. The molecule has 2 aliphatic rings. The van der Waals surface area contributed by atoms with E-state index in [0.717, 1.165) is 10.5 Å². The topological polar surface area (TPSA) is 93.2 Å². The molecule has 0 unspecified atom stereocenters. The first-order valence-electron chi connectivity index (χ1n) is 8.83. The Morgan fingerprint density at radius 2 is 1.96 bits per heavy atom. The monoisotopic (exact) mass is 374 g/mol. The highest BCUT2D eigenvalue weighted by Crippen LogP contribution is 2.24. The number of hydrogen-bond acceptors (Lipinski definition) is 6. The van der Waals surface area contributed by atoms with Crippen molar-refractivity contribution >= 4 is 23.7 Å². The van der Waals surface area contributed by atoms with Gasteiger partial charge in [-0.25, -0.2) is 0 Å². The van der Waals surface area contributed by atoms with Crippen molar-refractivity contribution in [2.45, 2.75) is 25.9 Å². The highest BCUT2D eigenvalue weighted by molar-refractivity contribution is 6.21. The van der Waals surface area contributed by atoms with Gasteiger partial charge in [-0.2, -0.15) is 0 Å². The molecule has 0 aliphatic carbocycles. The third-order valence-electron chi connectivity index (χ3n) is 4.79. The van der Waals surface area contributed by atoms with Gasteiger partial charge in [0.15, 0.2) is 0 Å². The van der Waals surface area contributed by atoms with E-state index in [-0.39, 0.29) is 43.7 Å². The summed E-state index contributed by atoms with van der Waals surface area (Å²) < 4.78 is 10.1. The van der Waals surface area contributed by atoms with Gasteiger partial charge in [-0.1, -0.05) is 11.6 Å². The standard InChI is InChI=1S/C19H22N2O6/c1-12-3-4-14-15(9-12)19(25)21(18(14)24)6-5-16(22)20-7-8-27-13(11-20)10-17(23)26-2/h3-4,9,13H,5-8,10-11H2,1-2H3/t13-/m0/s1. The summed E-state index contributed by atoms with van der Waals surface area (Å²) in [4.78, 5) is 51.5. The number of carbonyl (C=O) groups excluding carboxylic acids is 4. The smallest absolute Gasteiger partial charge is 0.308 e. The average molecular weight is 374 g/mol. The highest BCUT2D eigenvalue weighted by atomic mass is 16.5. The minimum atomic E-state index is -0.405. The molecule has 1 saturated heterocycles. The molecule has 0 N–H and O–H groups in total. The van der Waals surface area contributed by atoms with Crippen molar-refractivity contribution in [2.24, 2.45) is 0 Å². The summed E-state index contributed by atoms with van der Waals surface area (Å²) >= 11 is 0. The van der Waals surface area contributed by atoms with Crippen molar-refractivity contribution in [3.63, 3.8) is 0 Å². The second-order valence-corrected chi connectivity index (χ2v) is 6.67.